The smallest absolute Gasteiger partial charge is 0.219 e. The Balaban J connectivity index is 1.82. The SMILES string of the molecule is Cc1ccc(S(=O)(=O)c2ccc(Cl)cc2)cc1S(=O)(=O)NCCc1cccc(C(F)(F)F)c1. The van der Waals surface area contributed by atoms with Crippen molar-refractivity contribution in [1.29, 1.82) is 0 Å². The maximum Gasteiger partial charge on any atom is 0.416 e. The molecule has 0 bridgehead atoms. The van der Waals surface area contributed by atoms with Crippen LogP contribution >= 0.6 is 11.6 Å². The quantitative estimate of drug-likeness (QED) is 0.477. The monoisotopic (exact) mass is 517 g/mol. The van der Waals surface area contributed by atoms with E-state index >= 15 is 0 Å². The summed E-state index contributed by atoms with van der Waals surface area (Å²) in [5.74, 6) is 0. The number of alkyl halides is 3. The van der Waals surface area contributed by atoms with Crippen molar-refractivity contribution in [2.24, 2.45) is 0 Å². The highest BCUT2D eigenvalue weighted by atomic mass is 35.5. The Labute approximate surface area is 195 Å². The number of benzene rings is 3. The fourth-order valence-electron chi connectivity index (χ4n) is 3.10. The Morgan fingerprint density at radius 2 is 1.52 bits per heavy atom. The molecular weight excluding hydrogens is 499 g/mol. The van der Waals surface area contributed by atoms with Crippen molar-refractivity contribution in [1.82, 2.24) is 4.72 Å². The molecule has 0 fully saturated rings. The van der Waals surface area contributed by atoms with Gasteiger partial charge in [-0.25, -0.2) is 21.6 Å². The summed E-state index contributed by atoms with van der Waals surface area (Å²) in [5.41, 5.74) is -0.196. The summed E-state index contributed by atoms with van der Waals surface area (Å²) in [6.45, 7) is 1.34. The Bertz CT molecular complexity index is 1370. The van der Waals surface area contributed by atoms with Gasteiger partial charge in [-0.2, -0.15) is 13.2 Å². The minimum atomic E-state index is -4.50. The van der Waals surface area contributed by atoms with Crippen molar-refractivity contribution >= 4 is 31.5 Å². The van der Waals surface area contributed by atoms with E-state index in [4.69, 9.17) is 11.6 Å². The fourth-order valence-corrected chi connectivity index (χ4v) is 5.89. The molecule has 0 aromatic heterocycles. The molecule has 0 aliphatic rings. The highest BCUT2D eigenvalue weighted by molar-refractivity contribution is 7.91. The number of rotatable bonds is 7. The number of hydrogen-bond donors (Lipinski definition) is 1. The average molecular weight is 518 g/mol. The summed E-state index contributed by atoms with van der Waals surface area (Å²) in [6.07, 6.45) is -4.48. The first-order valence-electron chi connectivity index (χ1n) is 9.58. The minimum absolute atomic E-state index is 0.0188. The number of hydrogen-bond acceptors (Lipinski definition) is 4. The largest absolute Gasteiger partial charge is 0.416 e. The number of nitrogens with one attached hydrogen (secondary N) is 1. The van der Waals surface area contributed by atoms with Crippen molar-refractivity contribution in [2.75, 3.05) is 6.54 Å². The number of sulfonamides is 1. The van der Waals surface area contributed by atoms with Crippen LogP contribution in [-0.4, -0.2) is 23.4 Å². The van der Waals surface area contributed by atoms with Gasteiger partial charge in [0.15, 0.2) is 0 Å². The third kappa shape index (κ3) is 5.94. The predicted octanol–water partition coefficient (Wildman–Crippen LogP) is 5.02. The molecule has 0 radical (unpaired) electrons. The van der Waals surface area contributed by atoms with Gasteiger partial charge < -0.3 is 0 Å². The van der Waals surface area contributed by atoms with Gasteiger partial charge in [0.2, 0.25) is 19.9 Å². The van der Waals surface area contributed by atoms with Crippen molar-refractivity contribution in [2.45, 2.75) is 34.2 Å². The molecule has 0 heterocycles. The van der Waals surface area contributed by atoms with E-state index in [1.54, 1.807) is 0 Å². The number of sulfone groups is 1. The maximum absolute atomic E-state index is 12.9. The zero-order chi connectivity index (χ0) is 24.4. The van der Waals surface area contributed by atoms with Crippen LogP contribution in [0.25, 0.3) is 0 Å². The molecule has 0 unspecified atom stereocenters. The maximum atomic E-state index is 12.9. The fraction of sp³-hybridized carbons (Fsp3) is 0.182. The van der Waals surface area contributed by atoms with Gasteiger partial charge >= 0.3 is 6.18 Å². The van der Waals surface area contributed by atoms with Crippen LogP contribution in [0.5, 0.6) is 0 Å². The summed E-state index contributed by atoms with van der Waals surface area (Å²) in [4.78, 5) is -0.494. The molecule has 176 valence electrons. The summed E-state index contributed by atoms with van der Waals surface area (Å²) in [5, 5.41) is 0.353. The third-order valence-corrected chi connectivity index (χ3v) is 8.47. The topological polar surface area (TPSA) is 80.3 Å². The first kappa shape index (κ1) is 25.2. The molecule has 1 N–H and O–H groups in total. The molecule has 0 atom stereocenters. The van der Waals surface area contributed by atoms with Crippen LogP contribution in [0.2, 0.25) is 5.02 Å². The molecule has 11 heteroatoms. The molecule has 0 saturated heterocycles. The van der Waals surface area contributed by atoms with E-state index in [0.29, 0.717) is 16.1 Å². The standard InChI is InChI=1S/C22H19ClF3NO4S2/c1-15-5-8-20(32(28,29)19-9-6-18(23)7-10-19)14-21(15)33(30,31)27-12-11-16-3-2-4-17(13-16)22(24,25)26/h2-10,13-14,27H,11-12H2,1H3. The molecule has 0 aliphatic heterocycles. The van der Waals surface area contributed by atoms with E-state index in [0.717, 1.165) is 18.2 Å². The Hall–Kier alpha value is -2.40. The molecule has 3 rings (SSSR count). The predicted molar refractivity (Wildman–Crippen MR) is 118 cm³/mol. The normalized spacial score (nSPS) is 12.6. The molecule has 3 aromatic rings. The molecular formula is C22H19ClF3NO4S2. The molecule has 0 spiro atoms. The molecule has 0 aliphatic carbocycles. The average Bonchev–Trinajstić information content (AvgIpc) is 2.73. The second kappa shape index (κ2) is 9.46. The Morgan fingerprint density at radius 3 is 2.15 bits per heavy atom. The highest BCUT2D eigenvalue weighted by Gasteiger charge is 2.30. The molecule has 5 nitrogen and oxygen atoms in total. The van der Waals surface area contributed by atoms with E-state index in [-0.39, 0.29) is 27.7 Å². The lowest BCUT2D eigenvalue weighted by molar-refractivity contribution is -0.137. The van der Waals surface area contributed by atoms with Gasteiger partial charge in [-0.15, -0.1) is 0 Å². The van der Waals surface area contributed by atoms with E-state index in [1.165, 1.54) is 55.5 Å². The second-order valence-electron chi connectivity index (χ2n) is 7.23. The molecule has 33 heavy (non-hydrogen) atoms. The minimum Gasteiger partial charge on any atom is -0.219 e. The van der Waals surface area contributed by atoms with E-state index < -0.39 is 31.6 Å². The van der Waals surface area contributed by atoms with Crippen LogP contribution in [0.4, 0.5) is 13.2 Å². The van der Waals surface area contributed by atoms with Crippen LogP contribution < -0.4 is 4.72 Å². The first-order chi connectivity index (χ1) is 15.3. The van der Waals surface area contributed by atoms with Gasteiger partial charge in [-0.1, -0.05) is 35.9 Å². The van der Waals surface area contributed by atoms with Crippen LogP contribution in [-0.2, 0) is 32.5 Å². The third-order valence-electron chi connectivity index (χ3n) is 4.84. The second-order valence-corrected chi connectivity index (χ2v) is 11.4. The van der Waals surface area contributed by atoms with Gasteiger partial charge in [0.1, 0.15) is 0 Å². The van der Waals surface area contributed by atoms with Crippen molar-refractivity contribution in [3.63, 3.8) is 0 Å². The van der Waals surface area contributed by atoms with Gasteiger partial charge in [-0.05, 0) is 66.9 Å². The van der Waals surface area contributed by atoms with Crippen LogP contribution in [0.3, 0.4) is 0 Å². The summed E-state index contributed by atoms with van der Waals surface area (Å²) in [7, 11) is -8.12. The molecule has 0 saturated carbocycles. The van der Waals surface area contributed by atoms with Crippen LogP contribution in [0, 0.1) is 6.92 Å². The van der Waals surface area contributed by atoms with Crippen molar-refractivity contribution in [3.8, 4) is 0 Å². The summed E-state index contributed by atoms with van der Waals surface area (Å²) in [6, 6.07) is 13.8. The summed E-state index contributed by atoms with van der Waals surface area (Å²) >= 11 is 5.80. The van der Waals surface area contributed by atoms with Crippen LogP contribution in [0.1, 0.15) is 16.7 Å². The molecule has 0 amide bonds. The van der Waals surface area contributed by atoms with E-state index in [2.05, 4.69) is 4.72 Å². The lowest BCUT2D eigenvalue weighted by Gasteiger charge is -2.12. The highest BCUT2D eigenvalue weighted by Crippen LogP contribution is 2.30. The van der Waals surface area contributed by atoms with Crippen molar-refractivity contribution in [3.05, 3.63) is 88.4 Å². The lowest BCUT2D eigenvalue weighted by Crippen LogP contribution is -2.27. The number of aryl methyl sites for hydroxylation is 1. The Morgan fingerprint density at radius 1 is 0.879 bits per heavy atom. The van der Waals surface area contributed by atoms with E-state index in [9.17, 15) is 30.0 Å². The zero-order valence-corrected chi connectivity index (χ0v) is 19.6. The summed E-state index contributed by atoms with van der Waals surface area (Å²) < 4.78 is 92.3. The number of halogens is 4. The van der Waals surface area contributed by atoms with Gasteiger partial charge in [0.25, 0.3) is 0 Å². The van der Waals surface area contributed by atoms with Gasteiger partial charge in [0, 0.05) is 11.6 Å². The van der Waals surface area contributed by atoms with Gasteiger partial charge in [0.05, 0.1) is 20.2 Å². The van der Waals surface area contributed by atoms with E-state index in [1.807, 2.05) is 0 Å². The van der Waals surface area contributed by atoms with Crippen molar-refractivity contribution < 1.29 is 30.0 Å². The van der Waals surface area contributed by atoms with Crippen LogP contribution in [0.15, 0.2) is 81.4 Å². The molecule has 3 aromatic carbocycles. The lowest BCUT2D eigenvalue weighted by atomic mass is 10.1. The zero-order valence-electron chi connectivity index (χ0n) is 17.2. The van der Waals surface area contributed by atoms with Gasteiger partial charge in [-0.3, -0.25) is 0 Å². The Kier molecular flexibility index (Phi) is 7.23. The first-order valence-corrected chi connectivity index (χ1v) is 12.9.